The molecule has 0 spiro atoms. The summed E-state index contributed by atoms with van der Waals surface area (Å²) in [6.07, 6.45) is 1.21. The monoisotopic (exact) mass is 411 g/mol. The number of nitrogens with zero attached hydrogens (tertiary/aromatic N) is 1. The molecular weight excluding hydrogens is 386 g/mol. The molecule has 0 unspecified atom stereocenters. The van der Waals surface area contributed by atoms with Crippen LogP contribution in [-0.2, 0) is 0 Å². The zero-order valence-corrected chi connectivity index (χ0v) is 17.8. The Morgan fingerprint density at radius 2 is 1.70 bits per heavy atom. The summed E-state index contributed by atoms with van der Waals surface area (Å²) < 4.78 is 21.9. The maximum Gasteiger partial charge on any atom is 0.415 e. The number of fused-ring (bicyclic) bond motifs is 1. The second kappa shape index (κ2) is 8.90. The van der Waals surface area contributed by atoms with Gasteiger partial charge in [0.2, 0.25) is 5.78 Å². The van der Waals surface area contributed by atoms with E-state index in [1.165, 1.54) is 0 Å². The first-order valence-corrected chi connectivity index (χ1v) is 9.70. The van der Waals surface area contributed by atoms with Gasteiger partial charge in [-0.15, -0.1) is 0 Å². The number of hydrogen-bond donors (Lipinski definition) is 0. The third-order valence-electron chi connectivity index (χ3n) is 4.96. The molecule has 0 fully saturated rings. The molecule has 1 heterocycles. The molecular formula is C23H25NO6. The summed E-state index contributed by atoms with van der Waals surface area (Å²) in [6, 6.07) is 8.56. The second-order valence-corrected chi connectivity index (χ2v) is 6.66. The van der Waals surface area contributed by atoms with Gasteiger partial charge in [0.25, 0.3) is 0 Å². The van der Waals surface area contributed by atoms with Crippen molar-refractivity contribution in [3.63, 3.8) is 0 Å². The van der Waals surface area contributed by atoms with Gasteiger partial charge < -0.3 is 23.8 Å². The third-order valence-corrected chi connectivity index (χ3v) is 4.96. The number of carbonyl (C=O) groups excluding carboxylic acids is 2. The smallest absolute Gasteiger partial charge is 0.415 e. The zero-order valence-electron chi connectivity index (χ0n) is 17.8. The van der Waals surface area contributed by atoms with Gasteiger partial charge in [-0.05, 0) is 56.7 Å². The van der Waals surface area contributed by atoms with Crippen LogP contribution in [0, 0.1) is 6.92 Å². The van der Waals surface area contributed by atoms with Gasteiger partial charge in [0.1, 0.15) is 11.5 Å². The Kier molecular flexibility index (Phi) is 6.30. The van der Waals surface area contributed by atoms with Gasteiger partial charge >= 0.3 is 6.09 Å². The van der Waals surface area contributed by atoms with Gasteiger partial charge in [0.05, 0.1) is 19.8 Å². The number of methoxy groups -OCH3 is 2. The van der Waals surface area contributed by atoms with Gasteiger partial charge in [-0.3, -0.25) is 4.79 Å². The number of rotatable bonds is 6. The fraction of sp³-hybridized carbons (Fsp3) is 0.304. The highest BCUT2D eigenvalue weighted by Crippen LogP contribution is 2.40. The summed E-state index contributed by atoms with van der Waals surface area (Å²) in [5.41, 5.74) is 1.76. The molecule has 0 radical (unpaired) electrons. The average Bonchev–Trinajstić information content (AvgIpc) is 3.07. The van der Waals surface area contributed by atoms with Crippen molar-refractivity contribution < 1.29 is 28.5 Å². The van der Waals surface area contributed by atoms with E-state index in [-0.39, 0.29) is 11.5 Å². The van der Waals surface area contributed by atoms with Crippen molar-refractivity contribution in [2.75, 3.05) is 27.3 Å². The lowest BCUT2D eigenvalue weighted by Gasteiger charge is -2.19. The Bertz CT molecular complexity index is 1010. The van der Waals surface area contributed by atoms with Crippen LogP contribution >= 0.6 is 0 Å². The van der Waals surface area contributed by atoms with Crippen LogP contribution < -0.4 is 18.9 Å². The Hall–Kier alpha value is -3.48. The molecule has 7 heteroatoms. The highest BCUT2D eigenvalue weighted by molar-refractivity contribution is 6.15. The quantitative estimate of drug-likeness (QED) is 0.653. The molecule has 7 nitrogen and oxygen atoms in total. The van der Waals surface area contributed by atoms with Gasteiger partial charge in [-0.2, -0.15) is 0 Å². The third kappa shape index (κ3) is 3.96. The summed E-state index contributed by atoms with van der Waals surface area (Å²) in [5.74, 6) is 1.87. The van der Waals surface area contributed by atoms with E-state index in [1.54, 1.807) is 62.5 Å². The summed E-state index contributed by atoms with van der Waals surface area (Å²) in [4.78, 5) is 26.6. The molecule has 1 aliphatic rings. The molecule has 0 atom stereocenters. The minimum atomic E-state index is -0.437. The standard InChI is InChI=1S/C23H25NO6/c1-6-24(7-2)23(26)30-17-11-9-16-21(25)20(29-22(16)14(17)3)13-15-8-10-18(27-4)19(12-15)28-5/h8-13H,6-7H2,1-5H3. The van der Waals surface area contributed by atoms with Crippen LogP contribution in [0.5, 0.6) is 23.0 Å². The van der Waals surface area contributed by atoms with Crippen LogP contribution in [0.4, 0.5) is 4.79 Å². The predicted octanol–water partition coefficient (Wildman–Crippen LogP) is 4.47. The Morgan fingerprint density at radius 1 is 1.03 bits per heavy atom. The molecule has 0 bridgehead atoms. The minimum absolute atomic E-state index is 0.188. The van der Waals surface area contributed by atoms with Gasteiger partial charge in [0.15, 0.2) is 17.3 Å². The van der Waals surface area contributed by atoms with Crippen molar-refractivity contribution in [2.45, 2.75) is 20.8 Å². The lowest BCUT2D eigenvalue weighted by Crippen LogP contribution is -2.33. The normalized spacial score (nSPS) is 13.6. The highest BCUT2D eigenvalue weighted by atomic mass is 16.6. The van der Waals surface area contributed by atoms with Crippen LogP contribution in [-0.4, -0.2) is 44.1 Å². The summed E-state index contributed by atoms with van der Waals surface area (Å²) in [6.45, 7) is 6.62. The van der Waals surface area contributed by atoms with E-state index in [4.69, 9.17) is 18.9 Å². The van der Waals surface area contributed by atoms with E-state index in [2.05, 4.69) is 0 Å². The maximum absolute atomic E-state index is 12.8. The van der Waals surface area contributed by atoms with E-state index >= 15 is 0 Å². The number of allylic oxidation sites excluding steroid dienone is 1. The van der Waals surface area contributed by atoms with Crippen molar-refractivity contribution in [3.05, 3.63) is 52.8 Å². The molecule has 1 aliphatic heterocycles. The molecule has 3 rings (SSSR count). The summed E-state index contributed by atoms with van der Waals surface area (Å²) >= 11 is 0. The van der Waals surface area contributed by atoms with Crippen LogP contribution in [0.25, 0.3) is 6.08 Å². The van der Waals surface area contributed by atoms with E-state index < -0.39 is 6.09 Å². The first-order chi connectivity index (χ1) is 14.4. The first kappa shape index (κ1) is 21.2. The zero-order chi connectivity index (χ0) is 21.8. The number of hydrogen-bond acceptors (Lipinski definition) is 6. The maximum atomic E-state index is 12.8. The molecule has 0 saturated heterocycles. The molecule has 2 aromatic rings. The van der Waals surface area contributed by atoms with Crippen molar-refractivity contribution in [1.82, 2.24) is 4.90 Å². The van der Waals surface area contributed by atoms with Crippen molar-refractivity contribution in [1.29, 1.82) is 0 Å². The molecule has 158 valence electrons. The van der Waals surface area contributed by atoms with E-state index in [0.717, 1.165) is 5.56 Å². The summed E-state index contributed by atoms with van der Waals surface area (Å²) in [7, 11) is 3.11. The molecule has 0 N–H and O–H groups in total. The van der Waals surface area contributed by atoms with Gasteiger partial charge in [-0.1, -0.05) is 6.07 Å². The minimum Gasteiger partial charge on any atom is -0.493 e. The van der Waals surface area contributed by atoms with Crippen molar-refractivity contribution in [3.8, 4) is 23.0 Å². The number of benzene rings is 2. The topological polar surface area (TPSA) is 74.3 Å². The largest absolute Gasteiger partial charge is 0.493 e. The van der Waals surface area contributed by atoms with Crippen LogP contribution in [0.3, 0.4) is 0 Å². The van der Waals surface area contributed by atoms with E-state index in [1.807, 2.05) is 13.8 Å². The molecule has 0 saturated carbocycles. The van der Waals surface area contributed by atoms with Crippen molar-refractivity contribution in [2.24, 2.45) is 0 Å². The Balaban J connectivity index is 1.88. The fourth-order valence-corrected chi connectivity index (χ4v) is 3.21. The number of carbonyl (C=O) groups is 2. The fourth-order valence-electron chi connectivity index (χ4n) is 3.21. The second-order valence-electron chi connectivity index (χ2n) is 6.66. The number of ketones is 1. The molecule has 1 amide bonds. The molecule has 0 aromatic heterocycles. The Labute approximate surface area is 175 Å². The van der Waals surface area contributed by atoms with E-state index in [9.17, 15) is 9.59 Å². The molecule has 0 aliphatic carbocycles. The number of amides is 1. The Morgan fingerprint density at radius 3 is 2.33 bits per heavy atom. The summed E-state index contributed by atoms with van der Waals surface area (Å²) in [5, 5.41) is 0. The molecule has 2 aromatic carbocycles. The van der Waals surface area contributed by atoms with Gasteiger partial charge in [-0.25, -0.2) is 4.79 Å². The van der Waals surface area contributed by atoms with Crippen LogP contribution in [0.1, 0.15) is 35.3 Å². The number of ether oxygens (including phenoxy) is 4. The van der Waals surface area contributed by atoms with E-state index in [0.29, 0.717) is 47.2 Å². The van der Waals surface area contributed by atoms with Crippen molar-refractivity contribution >= 4 is 18.0 Å². The predicted molar refractivity (Wildman–Crippen MR) is 113 cm³/mol. The lowest BCUT2D eigenvalue weighted by molar-refractivity contribution is 0.101. The first-order valence-electron chi connectivity index (χ1n) is 9.70. The number of Topliss-reactive ketones (excluding diaryl/α,β-unsaturated/α-hetero) is 1. The average molecular weight is 411 g/mol. The van der Waals surface area contributed by atoms with Crippen LogP contribution in [0.15, 0.2) is 36.1 Å². The van der Waals surface area contributed by atoms with Crippen LogP contribution in [0.2, 0.25) is 0 Å². The highest BCUT2D eigenvalue weighted by Gasteiger charge is 2.31. The van der Waals surface area contributed by atoms with Gasteiger partial charge in [0, 0.05) is 18.7 Å². The SMILES string of the molecule is CCN(CC)C(=O)Oc1ccc2c(c1C)OC(=Cc1ccc(OC)c(OC)c1)C2=O. The molecule has 30 heavy (non-hydrogen) atoms. The lowest BCUT2D eigenvalue weighted by atomic mass is 10.1.